The lowest BCUT2D eigenvalue weighted by Gasteiger charge is -2.17. The van der Waals surface area contributed by atoms with Gasteiger partial charge in [0.05, 0.1) is 5.69 Å². The predicted molar refractivity (Wildman–Crippen MR) is 111 cm³/mol. The lowest BCUT2D eigenvalue weighted by Crippen LogP contribution is -2.26. The van der Waals surface area contributed by atoms with Crippen LogP contribution in [0.25, 0.3) is 6.08 Å². The Kier molecular flexibility index (Phi) is 5.86. The second kappa shape index (κ2) is 8.32. The van der Waals surface area contributed by atoms with E-state index in [1.165, 1.54) is 13.1 Å². The quantitative estimate of drug-likeness (QED) is 0.493. The molecule has 28 heavy (non-hydrogen) atoms. The van der Waals surface area contributed by atoms with E-state index in [1.807, 2.05) is 43.3 Å². The fraction of sp³-hybridized carbons (Fsp3) is 0.105. The van der Waals surface area contributed by atoms with E-state index in [2.05, 4.69) is 15.5 Å². The fourth-order valence-electron chi connectivity index (χ4n) is 2.33. The molecule has 0 saturated carbocycles. The summed E-state index contributed by atoms with van der Waals surface area (Å²) in [4.78, 5) is 12.0. The van der Waals surface area contributed by atoms with Crippen LogP contribution in [0, 0.1) is 6.92 Å². The Hall–Kier alpha value is -3.04. The molecular weight excluding hydrogens is 396 g/mol. The molecule has 3 aromatic rings. The average Bonchev–Trinajstić information content (AvgIpc) is 3.16. The molecule has 0 aliphatic carbocycles. The molecule has 1 heterocycles. The van der Waals surface area contributed by atoms with Crippen molar-refractivity contribution in [2.45, 2.75) is 11.3 Å². The molecule has 7 nitrogen and oxygen atoms in total. The molecular formula is C19H18N4O3S2. The van der Waals surface area contributed by atoms with Crippen molar-refractivity contribution in [1.82, 2.24) is 10.2 Å². The minimum absolute atomic E-state index is 0.110. The number of hydrogen-bond donors (Lipinski definition) is 1. The topological polar surface area (TPSA) is 92.3 Å². The highest BCUT2D eigenvalue weighted by molar-refractivity contribution is 7.94. The van der Waals surface area contributed by atoms with Gasteiger partial charge in [-0.15, -0.1) is 10.2 Å². The molecule has 0 aliphatic heterocycles. The normalized spacial score (nSPS) is 11.5. The fourth-order valence-corrected chi connectivity index (χ4v) is 4.57. The summed E-state index contributed by atoms with van der Waals surface area (Å²) in [5, 5.41) is 10.1. The smallest absolute Gasteiger partial charge is 0.293 e. The van der Waals surface area contributed by atoms with Gasteiger partial charge in [-0.25, -0.2) is 0 Å². The van der Waals surface area contributed by atoms with Crippen molar-refractivity contribution >= 4 is 44.2 Å². The monoisotopic (exact) mass is 414 g/mol. The number of sulfonamides is 1. The molecule has 2 aromatic carbocycles. The maximum atomic E-state index is 12.8. The van der Waals surface area contributed by atoms with Gasteiger partial charge in [0.25, 0.3) is 14.4 Å². The van der Waals surface area contributed by atoms with Crippen LogP contribution in [-0.4, -0.2) is 31.6 Å². The van der Waals surface area contributed by atoms with Crippen molar-refractivity contribution in [3.05, 3.63) is 71.8 Å². The number of amides is 1. The molecule has 0 radical (unpaired) electrons. The van der Waals surface area contributed by atoms with E-state index in [1.54, 1.807) is 24.3 Å². The first-order valence-electron chi connectivity index (χ1n) is 8.29. The molecule has 1 N–H and O–H groups in total. The van der Waals surface area contributed by atoms with Crippen LogP contribution in [0.5, 0.6) is 0 Å². The molecule has 0 saturated heterocycles. The van der Waals surface area contributed by atoms with Crippen LogP contribution in [0.2, 0.25) is 0 Å². The number of benzene rings is 2. The summed E-state index contributed by atoms with van der Waals surface area (Å²) in [6, 6.07) is 16.5. The van der Waals surface area contributed by atoms with Gasteiger partial charge in [0.15, 0.2) is 0 Å². The highest BCUT2D eigenvalue weighted by atomic mass is 32.2. The van der Waals surface area contributed by atoms with E-state index in [0.29, 0.717) is 5.69 Å². The van der Waals surface area contributed by atoms with Gasteiger partial charge in [-0.05, 0) is 36.3 Å². The largest absolute Gasteiger partial charge is 0.297 e. The molecule has 0 aliphatic rings. The summed E-state index contributed by atoms with van der Waals surface area (Å²) in [5.41, 5.74) is 2.33. The lowest BCUT2D eigenvalue weighted by atomic mass is 10.2. The highest BCUT2D eigenvalue weighted by Crippen LogP contribution is 2.26. The Morgan fingerprint density at radius 1 is 1.11 bits per heavy atom. The van der Waals surface area contributed by atoms with Gasteiger partial charge in [0.2, 0.25) is 11.0 Å². The van der Waals surface area contributed by atoms with Crippen molar-refractivity contribution in [2.75, 3.05) is 16.7 Å². The number of rotatable bonds is 6. The predicted octanol–water partition coefficient (Wildman–Crippen LogP) is 3.32. The van der Waals surface area contributed by atoms with E-state index in [-0.39, 0.29) is 9.47 Å². The van der Waals surface area contributed by atoms with Crippen LogP contribution >= 0.6 is 11.3 Å². The van der Waals surface area contributed by atoms with E-state index < -0.39 is 15.9 Å². The number of nitrogens with one attached hydrogen (secondary N) is 1. The summed E-state index contributed by atoms with van der Waals surface area (Å²) in [5.74, 6) is -0.420. The van der Waals surface area contributed by atoms with Crippen LogP contribution in [0.4, 0.5) is 10.8 Å². The van der Waals surface area contributed by atoms with Crippen LogP contribution in [0.15, 0.2) is 65.0 Å². The Balaban J connectivity index is 1.72. The summed E-state index contributed by atoms with van der Waals surface area (Å²) in [6.45, 7) is 1.88. The van der Waals surface area contributed by atoms with Crippen LogP contribution in [-0.2, 0) is 14.8 Å². The third-order valence-corrected chi connectivity index (χ3v) is 6.78. The summed E-state index contributed by atoms with van der Waals surface area (Å²) >= 11 is 0.799. The van der Waals surface area contributed by atoms with Crippen molar-refractivity contribution in [2.24, 2.45) is 0 Å². The zero-order chi connectivity index (χ0) is 20.1. The maximum absolute atomic E-state index is 12.8. The van der Waals surface area contributed by atoms with Gasteiger partial charge >= 0.3 is 0 Å². The molecule has 3 rings (SSSR count). The third-order valence-electron chi connectivity index (χ3n) is 3.81. The van der Waals surface area contributed by atoms with Crippen molar-refractivity contribution in [1.29, 1.82) is 0 Å². The standard InChI is InChI=1S/C19H18N4O3S2/c1-14-7-6-10-16(13-14)23(2)28(25,26)19-22-21-18(27-19)20-17(24)12-11-15-8-4-3-5-9-15/h3-13H,1-2H3,(H,20,21,24)/b12-11+. The SMILES string of the molecule is Cc1cccc(N(C)S(=O)(=O)c2nnc(NC(=O)/C=C/c3ccccc3)s2)c1. The molecule has 0 atom stereocenters. The number of aryl methyl sites for hydroxylation is 1. The maximum Gasteiger partial charge on any atom is 0.293 e. The lowest BCUT2D eigenvalue weighted by molar-refractivity contribution is -0.111. The van der Waals surface area contributed by atoms with Gasteiger partial charge in [0, 0.05) is 13.1 Å². The van der Waals surface area contributed by atoms with Crippen LogP contribution in [0.3, 0.4) is 0 Å². The third kappa shape index (κ3) is 4.62. The molecule has 1 amide bonds. The van der Waals surface area contributed by atoms with Crippen LogP contribution in [0.1, 0.15) is 11.1 Å². The van der Waals surface area contributed by atoms with Gasteiger partial charge in [-0.2, -0.15) is 8.42 Å². The number of carbonyl (C=O) groups excluding carboxylic acids is 1. The Morgan fingerprint density at radius 3 is 2.57 bits per heavy atom. The molecule has 0 fully saturated rings. The zero-order valence-electron chi connectivity index (χ0n) is 15.2. The Morgan fingerprint density at radius 2 is 1.86 bits per heavy atom. The first kappa shape index (κ1) is 19.7. The Bertz CT molecular complexity index is 1110. The van der Waals surface area contributed by atoms with Crippen LogP contribution < -0.4 is 9.62 Å². The molecule has 9 heteroatoms. The minimum Gasteiger partial charge on any atom is -0.297 e. The number of aromatic nitrogens is 2. The first-order valence-corrected chi connectivity index (χ1v) is 10.5. The molecule has 0 unspecified atom stereocenters. The molecule has 1 aromatic heterocycles. The second-order valence-electron chi connectivity index (χ2n) is 5.92. The molecule has 144 valence electrons. The number of carbonyl (C=O) groups is 1. The first-order chi connectivity index (χ1) is 13.4. The number of hydrogen-bond acceptors (Lipinski definition) is 6. The van der Waals surface area contributed by atoms with Gasteiger partial charge < -0.3 is 0 Å². The van der Waals surface area contributed by atoms with Crippen molar-refractivity contribution in [3.63, 3.8) is 0 Å². The van der Waals surface area contributed by atoms with E-state index >= 15 is 0 Å². The van der Waals surface area contributed by atoms with Crippen molar-refractivity contribution < 1.29 is 13.2 Å². The second-order valence-corrected chi connectivity index (χ2v) is 9.04. The average molecular weight is 415 g/mol. The summed E-state index contributed by atoms with van der Waals surface area (Å²) in [7, 11) is -2.42. The van der Waals surface area contributed by atoms with E-state index in [0.717, 1.165) is 26.8 Å². The number of nitrogens with zero attached hydrogens (tertiary/aromatic N) is 3. The zero-order valence-corrected chi connectivity index (χ0v) is 16.9. The Labute approximate surface area is 167 Å². The minimum atomic E-state index is -3.87. The van der Waals surface area contributed by atoms with Gasteiger partial charge in [-0.1, -0.05) is 53.8 Å². The summed E-state index contributed by atoms with van der Waals surface area (Å²) in [6.07, 6.45) is 3.00. The highest BCUT2D eigenvalue weighted by Gasteiger charge is 2.26. The number of anilines is 2. The van der Waals surface area contributed by atoms with Crippen molar-refractivity contribution in [3.8, 4) is 0 Å². The molecule has 0 spiro atoms. The van der Waals surface area contributed by atoms with E-state index in [9.17, 15) is 13.2 Å². The van der Waals surface area contributed by atoms with Gasteiger partial charge in [0.1, 0.15) is 0 Å². The van der Waals surface area contributed by atoms with Gasteiger partial charge in [-0.3, -0.25) is 14.4 Å². The molecule has 0 bridgehead atoms. The summed E-state index contributed by atoms with van der Waals surface area (Å²) < 4.78 is 26.5. The van der Waals surface area contributed by atoms with E-state index in [4.69, 9.17) is 0 Å².